The predicted octanol–water partition coefficient (Wildman–Crippen LogP) is 8.65. The largest absolute Gasteiger partial charge is 0.493 e. The van der Waals surface area contributed by atoms with Crippen LogP contribution in [0.25, 0.3) is 11.6 Å². The predicted molar refractivity (Wildman–Crippen MR) is 168 cm³/mol. The summed E-state index contributed by atoms with van der Waals surface area (Å²) in [7, 11) is 4.77. The topological polar surface area (TPSA) is 87.0 Å². The molecule has 0 heterocycles. The first kappa shape index (κ1) is 34.5. The number of allylic oxidation sites excluding steroid dienone is 1. The maximum atomic E-state index is 12.0. The minimum atomic E-state index is -0.378. The van der Waals surface area contributed by atoms with Gasteiger partial charge in [0.15, 0.2) is 23.0 Å². The minimum Gasteiger partial charge on any atom is -0.493 e. The molecule has 0 amide bonds. The van der Waals surface area contributed by atoms with Crippen LogP contribution in [0, 0.1) is 16.7 Å². The Morgan fingerprint density at radius 1 is 0.762 bits per heavy atom. The molecule has 0 aliphatic heterocycles. The third-order valence-corrected chi connectivity index (χ3v) is 7.53. The van der Waals surface area contributed by atoms with Crippen molar-refractivity contribution >= 4 is 17.6 Å². The number of hydrogen-bond donors (Lipinski definition) is 0. The molecule has 2 aromatic rings. The van der Waals surface area contributed by atoms with Crippen LogP contribution in [0.4, 0.5) is 0 Å². The molecule has 42 heavy (non-hydrogen) atoms. The number of carbonyl (C=O) groups is 1. The molecule has 0 atom stereocenters. The van der Waals surface area contributed by atoms with Crippen molar-refractivity contribution in [1.82, 2.24) is 0 Å². The highest BCUT2D eigenvalue weighted by Crippen LogP contribution is 2.33. The Labute approximate surface area is 252 Å². The fourth-order valence-electron chi connectivity index (χ4n) is 4.37. The van der Waals surface area contributed by atoms with E-state index < -0.39 is 0 Å². The maximum Gasteiger partial charge on any atom is 0.311 e. The van der Waals surface area contributed by atoms with E-state index in [1.165, 1.54) is 32.1 Å². The lowest BCUT2D eigenvalue weighted by Crippen LogP contribution is -2.26. The van der Waals surface area contributed by atoms with Gasteiger partial charge in [-0.2, -0.15) is 5.26 Å². The average molecular weight is 580 g/mol. The highest BCUT2D eigenvalue weighted by Gasteiger charge is 2.26. The second-order valence-electron chi connectivity index (χ2n) is 11.1. The SMILES string of the molecule is CCC(C)(C)C(=O)OCCCCCCCCCCCOc1ccc(/C=C(\C#N)c2ccc(OC)c(OC)c2)cc1OC. The van der Waals surface area contributed by atoms with Crippen molar-refractivity contribution in [2.75, 3.05) is 34.5 Å². The summed E-state index contributed by atoms with van der Waals surface area (Å²) in [5.41, 5.74) is 1.70. The van der Waals surface area contributed by atoms with Crippen LogP contribution in [0.1, 0.15) is 96.1 Å². The van der Waals surface area contributed by atoms with Crippen LogP contribution >= 0.6 is 0 Å². The Hall–Kier alpha value is -3.66. The Kier molecular flexibility index (Phi) is 15.4. The number of benzene rings is 2. The lowest BCUT2D eigenvalue weighted by Gasteiger charge is -2.20. The summed E-state index contributed by atoms with van der Waals surface area (Å²) in [6, 6.07) is 13.4. The van der Waals surface area contributed by atoms with E-state index in [1.54, 1.807) is 33.5 Å². The van der Waals surface area contributed by atoms with E-state index in [2.05, 4.69) is 6.07 Å². The molecule has 7 nitrogen and oxygen atoms in total. The summed E-state index contributed by atoms with van der Waals surface area (Å²) in [4.78, 5) is 12.0. The molecular formula is C35H49NO6. The Balaban J connectivity index is 1.68. The molecule has 2 rings (SSSR count). The molecule has 0 spiro atoms. The molecule has 0 aliphatic rings. The number of rotatable bonds is 20. The summed E-state index contributed by atoms with van der Waals surface area (Å²) < 4.78 is 27.6. The van der Waals surface area contributed by atoms with Gasteiger partial charge < -0.3 is 23.7 Å². The number of hydrogen-bond acceptors (Lipinski definition) is 7. The minimum absolute atomic E-state index is 0.0850. The lowest BCUT2D eigenvalue weighted by molar-refractivity contribution is -0.154. The lowest BCUT2D eigenvalue weighted by atomic mass is 9.91. The van der Waals surface area contributed by atoms with Crippen molar-refractivity contribution in [3.8, 4) is 29.1 Å². The zero-order valence-corrected chi connectivity index (χ0v) is 26.4. The standard InChI is InChI=1S/C35H49NO6/c1-7-35(2,3)34(37)42-22-16-14-12-10-8-9-11-13-15-21-41-31-19-17-27(24-32(31)39-5)23-29(26-36)28-18-20-30(38-4)33(25-28)40-6/h17-20,23-25H,7-16,21-22H2,1-6H3/b29-23+. The van der Waals surface area contributed by atoms with Crippen LogP contribution in [0.15, 0.2) is 36.4 Å². The number of unbranched alkanes of at least 4 members (excludes halogenated alkanes) is 8. The number of nitrogens with zero attached hydrogens (tertiary/aromatic N) is 1. The maximum absolute atomic E-state index is 12.0. The van der Waals surface area contributed by atoms with Crippen LogP contribution in [0.5, 0.6) is 23.0 Å². The van der Waals surface area contributed by atoms with Crippen molar-refractivity contribution in [2.45, 2.75) is 85.0 Å². The second-order valence-corrected chi connectivity index (χ2v) is 11.1. The van der Waals surface area contributed by atoms with Crippen LogP contribution in [-0.2, 0) is 9.53 Å². The second kappa shape index (κ2) is 18.7. The quantitative estimate of drug-likeness (QED) is 0.0671. The van der Waals surface area contributed by atoms with Crippen molar-refractivity contribution < 1.29 is 28.5 Å². The van der Waals surface area contributed by atoms with Gasteiger partial charge in [0.2, 0.25) is 0 Å². The molecular weight excluding hydrogens is 530 g/mol. The van der Waals surface area contributed by atoms with Gasteiger partial charge in [-0.3, -0.25) is 4.79 Å². The Bertz CT molecular complexity index is 1180. The third-order valence-electron chi connectivity index (χ3n) is 7.53. The van der Waals surface area contributed by atoms with Crippen LogP contribution < -0.4 is 18.9 Å². The fourth-order valence-corrected chi connectivity index (χ4v) is 4.37. The molecule has 0 bridgehead atoms. The van der Waals surface area contributed by atoms with Crippen LogP contribution in [0.3, 0.4) is 0 Å². The number of nitriles is 1. The van der Waals surface area contributed by atoms with E-state index in [4.69, 9.17) is 23.7 Å². The van der Waals surface area contributed by atoms with Crippen molar-refractivity contribution in [3.05, 3.63) is 47.5 Å². The highest BCUT2D eigenvalue weighted by molar-refractivity contribution is 5.90. The molecule has 7 heteroatoms. The highest BCUT2D eigenvalue weighted by atomic mass is 16.5. The molecule has 0 aliphatic carbocycles. The van der Waals surface area contributed by atoms with Gasteiger partial charge in [0.1, 0.15) is 0 Å². The molecule has 0 fully saturated rings. The molecule has 2 aromatic carbocycles. The number of carbonyl (C=O) groups excluding carboxylic acids is 1. The smallest absolute Gasteiger partial charge is 0.311 e. The van der Waals surface area contributed by atoms with E-state index in [-0.39, 0.29) is 11.4 Å². The summed E-state index contributed by atoms with van der Waals surface area (Å²) >= 11 is 0. The van der Waals surface area contributed by atoms with E-state index in [0.717, 1.165) is 43.2 Å². The first-order valence-corrected chi connectivity index (χ1v) is 15.1. The first-order valence-electron chi connectivity index (χ1n) is 15.1. The van der Waals surface area contributed by atoms with Gasteiger partial charge in [-0.1, -0.05) is 57.9 Å². The Morgan fingerprint density at radius 2 is 1.31 bits per heavy atom. The molecule has 0 unspecified atom stereocenters. The molecule has 0 radical (unpaired) electrons. The molecule has 230 valence electrons. The summed E-state index contributed by atoms with van der Waals surface area (Å²) in [6.07, 6.45) is 12.9. The third kappa shape index (κ3) is 11.3. The van der Waals surface area contributed by atoms with Crippen LogP contribution in [-0.4, -0.2) is 40.5 Å². The molecule has 0 saturated carbocycles. The monoisotopic (exact) mass is 579 g/mol. The van der Waals surface area contributed by atoms with Crippen molar-refractivity contribution in [2.24, 2.45) is 5.41 Å². The normalized spacial score (nSPS) is 11.5. The van der Waals surface area contributed by atoms with Crippen molar-refractivity contribution in [3.63, 3.8) is 0 Å². The van der Waals surface area contributed by atoms with Gasteiger partial charge >= 0.3 is 5.97 Å². The van der Waals surface area contributed by atoms with Gasteiger partial charge in [0.25, 0.3) is 0 Å². The van der Waals surface area contributed by atoms with E-state index in [1.807, 2.05) is 51.1 Å². The zero-order valence-electron chi connectivity index (χ0n) is 26.4. The summed E-state index contributed by atoms with van der Waals surface area (Å²) in [6.45, 7) is 7.05. The van der Waals surface area contributed by atoms with E-state index >= 15 is 0 Å². The van der Waals surface area contributed by atoms with Gasteiger partial charge in [-0.25, -0.2) is 0 Å². The van der Waals surface area contributed by atoms with Gasteiger partial charge in [0.05, 0.1) is 51.6 Å². The molecule has 0 saturated heterocycles. The van der Waals surface area contributed by atoms with E-state index in [0.29, 0.717) is 41.8 Å². The summed E-state index contributed by atoms with van der Waals surface area (Å²) in [5, 5.41) is 9.78. The molecule has 0 N–H and O–H groups in total. The van der Waals surface area contributed by atoms with Crippen molar-refractivity contribution in [1.29, 1.82) is 5.26 Å². The summed E-state index contributed by atoms with van der Waals surface area (Å²) in [5.74, 6) is 2.43. The number of ether oxygens (including phenoxy) is 5. The fraction of sp³-hybridized carbons (Fsp3) is 0.543. The van der Waals surface area contributed by atoms with E-state index in [9.17, 15) is 10.1 Å². The van der Waals surface area contributed by atoms with Gasteiger partial charge in [-0.15, -0.1) is 0 Å². The molecule has 0 aromatic heterocycles. The van der Waals surface area contributed by atoms with Crippen LogP contribution in [0.2, 0.25) is 0 Å². The first-order chi connectivity index (χ1) is 20.3. The number of methoxy groups -OCH3 is 3. The number of esters is 1. The Morgan fingerprint density at radius 3 is 1.88 bits per heavy atom. The average Bonchev–Trinajstić information content (AvgIpc) is 3.01. The zero-order chi connectivity index (χ0) is 30.8. The van der Waals surface area contributed by atoms with Gasteiger partial charge in [0, 0.05) is 0 Å². The van der Waals surface area contributed by atoms with Gasteiger partial charge in [-0.05, 0) is 80.6 Å².